The zero-order valence-corrected chi connectivity index (χ0v) is 12.6. The second-order valence-corrected chi connectivity index (χ2v) is 6.18. The van der Waals surface area contributed by atoms with Gasteiger partial charge >= 0.3 is 0 Å². The van der Waals surface area contributed by atoms with Gasteiger partial charge in [0.25, 0.3) is 5.91 Å². The van der Waals surface area contributed by atoms with E-state index in [2.05, 4.69) is 20.2 Å². The first-order valence-electron chi connectivity index (χ1n) is 7.13. The number of nitrogens with zero attached hydrogens (tertiary/aromatic N) is 3. The van der Waals surface area contributed by atoms with Crippen LogP contribution in [0, 0.1) is 0 Å². The van der Waals surface area contributed by atoms with Gasteiger partial charge in [0.2, 0.25) is 0 Å². The lowest BCUT2D eigenvalue weighted by atomic mass is 10.0. The van der Waals surface area contributed by atoms with Crippen LogP contribution in [-0.2, 0) is 6.54 Å². The van der Waals surface area contributed by atoms with Crippen LogP contribution in [0.4, 0.5) is 0 Å². The number of hydrogen-bond donors (Lipinski definition) is 1. The van der Waals surface area contributed by atoms with Gasteiger partial charge in [-0.25, -0.2) is 0 Å². The standard InChI is InChI=1S/C15H18N4OS/c20-15(14-3-1-2-6-17-14)18-12-4-7-19(8-5-12)10-13-9-16-11-21-13/h1-3,6,9,11-12H,4-5,7-8,10H2,(H,18,20). The summed E-state index contributed by atoms with van der Waals surface area (Å²) in [5, 5.41) is 3.08. The fraction of sp³-hybridized carbons (Fsp3) is 0.400. The van der Waals surface area contributed by atoms with Crippen molar-refractivity contribution >= 4 is 17.2 Å². The molecule has 3 rings (SSSR count). The minimum atomic E-state index is -0.0727. The van der Waals surface area contributed by atoms with Gasteiger partial charge in [0.1, 0.15) is 5.69 Å². The molecule has 0 aliphatic carbocycles. The number of carbonyl (C=O) groups is 1. The zero-order chi connectivity index (χ0) is 14.5. The highest BCUT2D eigenvalue weighted by Crippen LogP contribution is 2.16. The highest BCUT2D eigenvalue weighted by atomic mass is 32.1. The van der Waals surface area contributed by atoms with Gasteiger partial charge in [-0.15, -0.1) is 11.3 Å². The molecular formula is C15H18N4OS. The number of rotatable bonds is 4. The lowest BCUT2D eigenvalue weighted by molar-refractivity contribution is 0.0904. The molecule has 0 atom stereocenters. The predicted molar refractivity (Wildman–Crippen MR) is 82.1 cm³/mol. The van der Waals surface area contributed by atoms with E-state index in [4.69, 9.17) is 0 Å². The average molecular weight is 302 g/mol. The van der Waals surface area contributed by atoms with Crippen LogP contribution in [0.1, 0.15) is 28.2 Å². The molecule has 6 heteroatoms. The minimum absolute atomic E-state index is 0.0727. The van der Waals surface area contributed by atoms with Crippen molar-refractivity contribution in [2.75, 3.05) is 13.1 Å². The van der Waals surface area contributed by atoms with Crippen LogP contribution in [-0.4, -0.2) is 39.9 Å². The Hall–Kier alpha value is -1.79. The third-order valence-corrected chi connectivity index (χ3v) is 4.45. The van der Waals surface area contributed by atoms with Crippen molar-refractivity contribution in [1.29, 1.82) is 0 Å². The summed E-state index contributed by atoms with van der Waals surface area (Å²) in [4.78, 5) is 24.0. The highest BCUT2D eigenvalue weighted by molar-refractivity contribution is 7.09. The third kappa shape index (κ3) is 3.86. The predicted octanol–water partition coefficient (Wildman–Crippen LogP) is 1.93. The molecule has 3 heterocycles. The molecular weight excluding hydrogens is 284 g/mol. The van der Waals surface area contributed by atoms with Gasteiger partial charge in [-0.3, -0.25) is 19.7 Å². The van der Waals surface area contributed by atoms with Crippen LogP contribution in [0.25, 0.3) is 0 Å². The van der Waals surface area contributed by atoms with E-state index in [-0.39, 0.29) is 11.9 Å². The van der Waals surface area contributed by atoms with Crippen LogP contribution >= 0.6 is 11.3 Å². The first kappa shape index (κ1) is 14.2. The molecule has 0 bridgehead atoms. The summed E-state index contributed by atoms with van der Waals surface area (Å²) in [7, 11) is 0. The molecule has 0 aromatic carbocycles. The van der Waals surface area contributed by atoms with Crippen LogP contribution in [0.2, 0.25) is 0 Å². The minimum Gasteiger partial charge on any atom is -0.348 e. The van der Waals surface area contributed by atoms with Crippen molar-refractivity contribution in [2.45, 2.75) is 25.4 Å². The van der Waals surface area contributed by atoms with E-state index >= 15 is 0 Å². The number of piperidine rings is 1. The van der Waals surface area contributed by atoms with E-state index in [1.165, 1.54) is 4.88 Å². The summed E-state index contributed by atoms with van der Waals surface area (Å²) in [5.41, 5.74) is 2.36. The fourth-order valence-corrected chi connectivity index (χ4v) is 3.17. The second kappa shape index (κ2) is 6.78. The maximum Gasteiger partial charge on any atom is 0.270 e. The molecule has 0 saturated carbocycles. The molecule has 0 radical (unpaired) electrons. The molecule has 5 nitrogen and oxygen atoms in total. The summed E-state index contributed by atoms with van der Waals surface area (Å²) >= 11 is 1.69. The van der Waals surface area contributed by atoms with Gasteiger partial charge in [0.05, 0.1) is 5.51 Å². The number of carbonyl (C=O) groups excluding carboxylic acids is 1. The van der Waals surface area contributed by atoms with Gasteiger partial charge < -0.3 is 5.32 Å². The number of aromatic nitrogens is 2. The van der Waals surface area contributed by atoms with Crippen molar-refractivity contribution < 1.29 is 4.79 Å². The lowest BCUT2D eigenvalue weighted by Crippen LogP contribution is -2.44. The number of pyridine rings is 1. The summed E-state index contributed by atoms with van der Waals surface area (Å²) in [6.07, 6.45) is 5.54. The number of thiazole rings is 1. The summed E-state index contributed by atoms with van der Waals surface area (Å²) in [5.74, 6) is -0.0727. The van der Waals surface area contributed by atoms with E-state index in [9.17, 15) is 4.79 Å². The molecule has 1 N–H and O–H groups in total. The molecule has 21 heavy (non-hydrogen) atoms. The molecule has 2 aromatic heterocycles. The molecule has 1 saturated heterocycles. The average Bonchev–Trinajstić information content (AvgIpc) is 3.03. The topological polar surface area (TPSA) is 58.1 Å². The SMILES string of the molecule is O=C(NC1CCN(Cc2cncs2)CC1)c1ccccn1. The highest BCUT2D eigenvalue weighted by Gasteiger charge is 2.21. The van der Waals surface area contributed by atoms with Gasteiger partial charge in [0.15, 0.2) is 0 Å². The van der Waals surface area contributed by atoms with Crippen LogP contribution in [0.15, 0.2) is 36.1 Å². The first-order valence-corrected chi connectivity index (χ1v) is 8.01. The zero-order valence-electron chi connectivity index (χ0n) is 11.7. The van der Waals surface area contributed by atoms with Gasteiger partial charge in [-0.2, -0.15) is 0 Å². The Morgan fingerprint density at radius 1 is 1.38 bits per heavy atom. The van der Waals surface area contributed by atoms with Crippen LogP contribution in [0.3, 0.4) is 0 Å². The summed E-state index contributed by atoms with van der Waals surface area (Å²) in [6, 6.07) is 5.64. The monoisotopic (exact) mass is 302 g/mol. The molecule has 2 aromatic rings. The van der Waals surface area contributed by atoms with E-state index in [1.807, 2.05) is 23.8 Å². The van der Waals surface area contributed by atoms with Gasteiger partial charge in [0, 0.05) is 42.9 Å². The Morgan fingerprint density at radius 3 is 2.90 bits per heavy atom. The molecule has 1 amide bonds. The molecule has 110 valence electrons. The Labute approximate surface area is 128 Å². The van der Waals surface area contributed by atoms with Crippen molar-refractivity contribution in [3.63, 3.8) is 0 Å². The van der Waals surface area contributed by atoms with Crippen molar-refractivity contribution in [2.24, 2.45) is 0 Å². The second-order valence-electron chi connectivity index (χ2n) is 5.21. The summed E-state index contributed by atoms with van der Waals surface area (Å²) < 4.78 is 0. The maximum atomic E-state index is 12.1. The lowest BCUT2D eigenvalue weighted by Gasteiger charge is -2.31. The Morgan fingerprint density at radius 2 is 2.24 bits per heavy atom. The number of hydrogen-bond acceptors (Lipinski definition) is 5. The molecule has 0 spiro atoms. The van der Waals surface area contributed by atoms with Crippen molar-refractivity contribution in [1.82, 2.24) is 20.2 Å². The van der Waals surface area contributed by atoms with Gasteiger partial charge in [-0.05, 0) is 25.0 Å². The Kier molecular flexibility index (Phi) is 4.57. The molecule has 1 aliphatic heterocycles. The molecule has 1 aliphatic rings. The molecule has 1 fully saturated rings. The third-order valence-electron chi connectivity index (χ3n) is 3.68. The largest absolute Gasteiger partial charge is 0.348 e. The van der Waals surface area contributed by atoms with Crippen molar-refractivity contribution in [3.05, 3.63) is 46.7 Å². The maximum absolute atomic E-state index is 12.1. The van der Waals surface area contributed by atoms with Crippen molar-refractivity contribution in [3.8, 4) is 0 Å². The first-order chi connectivity index (χ1) is 10.3. The van der Waals surface area contributed by atoms with E-state index < -0.39 is 0 Å². The Balaban J connectivity index is 1.46. The van der Waals surface area contributed by atoms with E-state index in [0.29, 0.717) is 5.69 Å². The van der Waals surface area contributed by atoms with E-state index in [1.54, 1.807) is 23.6 Å². The quantitative estimate of drug-likeness (QED) is 0.937. The number of likely N-dealkylation sites (tertiary alicyclic amines) is 1. The van der Waals surface area contributed by atoms with Crippen LogP contribution in [0.5, 0.6) is 0 Å². The normalized spacial score (nSPS) is 16.8. The van der Waals surface area contributed by atoms with Gasteiger partial charge in [-0.1, -0.05) is 6.07 Å². The van der Waals surface area contributed by atoms with E-state index in [0.717, 1.165) is 32.5 Å². The van der Waals surface area contributed by atoms with Crippen LogP contribution < -0.4 is 5.32 Å². The molecule has 0 unspecified atom stereocenters. The summed E-state index contributed by atoms with van der Waals surface area (Å²) in [6.45, 7) is 2.97. The fourth-order valence-electron chi connectivity index (χ4n) is 2.53. The number of nitrogens with one attached hydrogen (secondary N) is 1. The Bertz CT molecular complexity index is 565. The number of amides is 1. The smallest absolute Gasteiger partial charge is 0.270 e.